The molecule has 104 valence electrons. The van der Waals surface area contributed by atoms with Gasteiger partial charge in [0.25, 0.3) is 5.91 Å². The Balaban J connectivity index is 2.18. The van der Waals surface area contributed by atoms with Crippen molar-refractivity contribution in [1.29, 1.82) is 0 Å². The number of carboxylic acids is 1. The molecule has 7 nitrogen and oxygen atoms in total. The zero-order valence-electron chi connectivity index (χ0n) is 10.4. The summed E-state index contributed by atoms with van der Waals surface area (Å²) in [6.45, 7) is -0.303. The molecule has 7 heteroatoms. The molecule has 2 aromatic rings. The number of aromatic nitrogens is 2. The summed E-state index contributed by atoms with van der Waals surface area (Å²) in [6, 6.07) is 8.26. The Morgan fingerprint density at radius 1 is 1.30 bits per heavy atom. The van der Waals surface area contributed by atoms with Gasteiger partial charge in [0.1, 0.15) is 0 Å². The number of aliphatic hydroxyl groups is 1. The summed E-state index contributed by atoms with van der Waals surface area (Å²) < 4.78 is 0. The van der Waals surface area contributed by atoms with Gasteiger partial charge >= 0.3 is 5.97 Å². The van der Waals surface area contributed by atoms with Crippen LogP contribution in [0.15, 0.2) is 36.7 Å². The van der Waals surface area contributed by atoms with Gasteiger partial charge in [0.2, 0.25) is 0 Å². The molecule has 0 fully saturated rings. The van der Waals surface area contributed by atoms with E-state index < -0.39 is 17.9 Å². The molecule has 0 saturated heterocycles. The van der Waals surface area contributed by atoms with Gasteiger partial charge in [0, 0.05) is 0 Å². The van der Waals surface area contributed by atoms with Crippen molar-refractivity contribution < 1.29 is 19.8 Å². The van der Waals surface area contributed by atoms with Crippen LogP contribution in [-0.2, 0) is 0 Å². The number of aromatic carboxylic acids is 1. The molecule has 0 aliphatic heterocycles. The minimum Gasteiger partial charge on any atom is -0.477 e. The van der Waals surface area contributed by atoms with Crippen LogP contribution >= 0.6 is 0 Å². The first-order chi connectivity index (χ1) is 9.63. The Hall–Kier alpha value is -2.67. The van der Waals surface area contributed by atoms with Crippen molar-refractivity contribution in [1.82, 2.24) is 15.3 Å². The van der Waals surface area contributed by atoms with Gasteiger partial charge in [0.15, 0.2) is 11.4 Å². The van der Waals surface area contributed by atoms with E-state index in [9.17, 15) is 14.7 Å². The third kappa shape index (κ3) is 2.83. The molecule has 1 amide bonds. The summed E-state index contributed by atoms with van der Waals surface area (Å²) in [4.78, 5) is 29.0. The molecule has 1 unspecified atom stereocenters. The number of H-pyrrole nitrogens is 1. The second-order valence-electron chi connectivity index (χ2n) is 4.05. The molecular weight excluding hydrogens is 262 g/mol. The van der Waals surface area contributed by atoms with E-state index in [4.69, 9.17) is 5.11 Å². The number of carbonyl (C=O) groups is 2. The van der Waals surface area contributed by atoms with Crippen LogP contribution in [-0.4, -0.2) is 38.7 Å². The van der Waals surface area contributed by atoms with Gasteiger partial charge in [-0.25, -0.2) is 9.78 Å². The van der Waals surface area contributed by atoms with Crippen molar-refractivity contribution in [2.45, 2.75) is 6.04 Å². The largest absolute Gasteiger partial charge is 0.477 e. The second kappa shape index (κ2) is 5.98. The molecule has 0 aliphatic rings. The summed E-state index contributed by atoms with van der Waals surface area (Å²) in [5.41, 5.74) is 0.217. The van der Waals surface area contributed by atoms with Crippen LogP contribution < -0.4 is 5.32 Å². The normalized spacial score (nSPS) is 11.8. The van der Waals surface area contributed by atoms with Gasteiger partial charge in [-0.3, -0.25) is 4.79 Å². The lowest BCUT2D eigenvalue weighted by molar-refractivity contribution is 0.0684. The van der Waals surface area contributed by atoms with Gasteiger partial charge in [0.05, 0.1) is 19.0 Å². The predicted octanol–water partition coefficient (Wildman–Crippen LogP) is 0.571. The highest BCUT2D eigenvalue weighted by Gasteiger charge is 2.22. The summed E-state index contributed by atoms with van der Waals surface area (Å²) in [7, 11) is 0. The molecule has 4 N–H and O–H groups in total. The fraction of sp³-hybridized carbons (Fsp3) is 0.154. The second-order valence-corrected chi connectivity index (χ2v) is 4.05. The van der Waals surface area contributed by atoms with Gasteiger partial charge in [-0.15, -0.1) is 0 Å². The monoisotopic (exact) mass is 275 g/mol. The SMILES string of the molecule is O=C(NC(CO)c1ccccc1)c1nc[nH]c1C(=O)O. The van der Waals surface area contributed by atoms with Crippen molar-refractivity contribution >= 4 is 11.9 Å². The predicted molar refractivity (Wildman–Crippen MR) is 69.3 cm³/mol. The molecule has 0 bridgehead atoms. The minimum absolute atomic E-state index is 0.216. The lowest BCUT2D eigenvalue weighted by Gasteiger charge is -2.16. The number of carboxylic acid groups (broad SMARTS) is 1. The van der Waals surface area contributed by atoms with E-state index in [2.05, 4.69) is 15.3 Å². The van der Waals surface area contributed by atoms with Gasteiger partial charge in [-0.2, -0.15) is 0 Å². The zero-order chi connectivity index (χ0) is 14.5. The summed E-state index contributed by atoms with van der Waals surface area (Å²) in [5, 5.41) is 20.8. The summed E-state index contributed by atoms with van der Waals surface area (Å²) in [5.74, 6) is -1.93. The van der Waals surface area contributed by atoms with Crippen LogP contribution in [0.3, 0.4) is 0 Å². The van der Waals surface area contributed by atoms with E-state index >= 15 is 0 Å². The number of amides is 1. The number of aromatic amines is 1. The Labute approximate surface area is 114 Å². The molecule has 1 aromatic heterocycles. The number of imidazole rings is 1. The average molecular weight is 275 g/mol. The maximum absolute atomic E-state index is 12.0. The van der Waals surface area contributed by atoms with Crippen LogP contribution in [0.2, 0.25) is 0 Å². The average Bonchev–Trinajstić information content (AvgIpc) is 2.95. The van der Waals surface area contributed by atoms with Crippen molar-refractivity contribution in [2.24, 2.45) is 0 Å². The van der Waals surface area contributed by atoms with E-state index in [0.29, 0.717) is 0 Å². The molecule has 1 aromatic carbocycles. The van der Waals surface area contributed by atoms with Crippen molar-refractivity contribution in [3.05, 3.63) is 53.6 Å². The number of nitrogens with zero attached hydrogens (tertiary/aromatic N) is 1. The van der Waals surface area contributed by atoms with E-state index in [0.717, 1.165) is 11.9 Å². The Morgan fingerprint density at radius 2 is 2.00 bits per heavy atom. The van der Waals surface area contributed by atoms with Gasteiger partial charge in [-0.05, 0) is 5.56 Å². The van der Waals surface area contributed by atoms with Crippen LogP contribution in [0.4, 0.5) is 0 Å². The van der Waals surface area contributed by atoms with Crippen molar-refractivity contribution in [2.75, 3.05) is 6.61 Å². The molecule has 2 rings (SSSR count). The topological polar surface area (TPSA) is 115 Å². The fourth-order valence-corrected chi connectivity index (χ4v) is 1.78. The molecule has 1 atom stereocenters. The molecule has 0 aliphatic carbocycles. The summed E-state index contributed by atoms with van der Waals surface area (Å²) in [6.07, 6.45) is 1.13. The molecular formula is C13H13N3O4. The zero-order valence-corrected chi connectivity index (χ0v) is 10.4. The first kappa shape index (κ1) is 13.8. The maximum atomic E-state index is 12.0. The minimum atomic E-state index is -1.27. The van der Waals surface area contributed by atoms with Crippen LogP contribution in [0.1, 0.15) is 32.6 Å². The Bertz CT molecular complexity index is 609. The smallest absolute Gasteiger partial charge is 0.354 e. The summed E-state index contributed by atoms with van der Waals surface area (Å²) >= 11 is 0. The number of aliphatic hydroxyl groups excluding tert-OH is 1. The number of benzene rings is 1. The maximum Gasteiger partial charge on any atom is 0.354 e. The number of hydrogen-bond donors (Lipinski definition) is 4. The first-order valence-electron chi connectivity index (χ1n) is 5.86. The molecule has 0 radical (unpaired) electrons. The van der Waals surface area contributed by atoms with E-state index in [-0.39, 0.29) is 18.0 Å². The van der Waals surface area contributed by atoms with E-state index in [1.54, 1.807) is 24.3 Å². The molecule has 0 saturated carbocycles. The quantitative estimate of drug-likeness (QED) is 0.636. The Morgan fingerprint density at radius 3 is 2.60 bits per heavy atom. The number of nitrogens with one attached hydrogen (secondary N) is 2. The highest BCUT2D eigenvalue weighted by molar-refractivity contribution is 6.02. The van der Waals surface area contributed by atoms with Crippen molar-refractivity contribution in [3.8, 4) is 0 Å². The first-order valence-corrected chi connectivity index (χ1v) is 5.86. The lowest BCUT2D eigenvalue weighted by Crippen LogP contribution is -2.32. The number of carbonyl (C=O) groups excluding carboxylic acids is 1. The van der Waals surface area contributed by atoms with Crippen LogP contribution in [0.5, 0.6) is 0 Å². The Kier molecular flexibility index (Phi) is 4.11. The van der Waals surface area contributed by atoms with Gasteiger partial charge in [-0.1, -0.05) is 30.3 Å². The standard InChI is InChI=1S/C13H13N3O4/c17-6-9(8-4-2-1-3-5-8)16-12(18)10-11(13(19)20)15-7-14-10/h1-5,7,9,17H,6H2,(H,14,15)(H,16,18)(H,19,20). The van der Waals surface area contributed by atoms with E-state index in [1.807, 2.05) is 6.07 Å². The van der Waals surface area contributed by atoms with Gasteiger partial charge < -0.3 is 20.5 Å². The van der Waals surface area contributed by atoms with E-state index in [1.165, 1.54) is 0 Å². The van der Waals surface area contributed by atoms with Crippen molar-refractivity contribution in [3.63, 3.8) is 0 Å². The number of rotatable bonds is 5. The molecule has 20 heavy (non-hydrogen) atoms. The van der Waals surface area contributed by atoms with Crippen LogP contribution in [0.25, 0.3) is 0 Å². The van der Waals surface area contributed by atoms with Crippen LogP contribution in [0, 0.1) is 0 Å². The highest BCUT2D eigenvalue weighted by Crippen LogP contribution is 2.13. The fourth-order valence-electron chi connectivity index (χ4n) is 1.78. The molecule has 0 spiro atoms. The highest BCUT2D eigenvalue weighted by atomic mass is 16.4. The molecule has 1 heterocycles. The lowest BCUT2D eigenvalue weighted by atomic mass is 10.1. The third-order valence-electron chi connectivity index (χ3n) is 2.76. The third-order valence-corrected chi connectivity index (χ3v) is 2.76. The number of hydrogen-bond acceptors (Lipinski definition) is 4.